The molecule has 1 N–H and O–H groups in total. The van der Waals surface area contributed by atoms with Crippen LogP contribution in [0.5, 0.6) is 5.75 Å². The number of β-amino-alcohol motifs (C(OH)–C–C–N with tert-alkyl or cyclic N) is 1. The number of hydrogen-bond donors (Lipinski definition) is 1. The molecule has 0 saturated carbocycles. The van der Waals surface area contributed by atoms with Crippen LogP contribution in [0.4, 0.5) is 4.79 Å². The Labute approximate surface area is 111 Å². The van der Waals surface area contributed by atoms with E-state index in [1.807, 2.05) is 18.2 Å². The molecule has 1 heterocycles. The Balaban J connectivity index is 1.83. The molecule has 1 atom stereocenters. The van der Waals surface area contributed by atoms with E-state index < -0.39 is 6.10 Å². The summed E-state index contributed by atoms with van der Waals surface area (Å²) in [5.41, 5.74) is 0. The quantitative estimate of drug-likeness (QED) is 0.778. The zero-order valence-corrected chi connectivity index (χ0v) is 10.7. The Morgan fingerprint density at radius 1 is 1.32 bits per heavy atom. The van der Waals surface area contributed by atoms with E-state index in [0.29, 0.717) is 5.75 Å². The maximum Gasteiger partial charge on any atom is 0.327 e. The molecule has 3 amide bonds. The SMILES string of the molecule is CN1CC(=O)N(C[C@H](O)COc2ccccc2)C1=O. The van der Waals surface area contributed by atoms with Gasteiger partial charge >= 0.3 is 6.03 Å². The van der Waals surface area contributed by atoms with Crippen LogP contribution in [0.25, 0.3) is 0 Å². The molecule has 0 aliphatic carbocycles. The van der Waals surface area contributed by atoms with Crippen LogP contribution in [0.3, 0.4) is 0 Å². The normalized spacial score (nSPS) is 16.9. The van der Waals surface area contributed by atoms with Gasteiger partial charge in [0.2, 0.25) is 5.91 Å². The van der Waals surface area contributed by atoms with Crippen LogP contribution < -0.4 is 4.74 Å². The summed E-state index contributed by atoms with van der Waals surface area (Å²) >= 11 is 0. The molecule has 0 spiro atoms. The molecular formula is C13H16N2O4. The van der Waals surface area contributed by atoms with Crippen LogP contribution in [0.2, 0.25) is 0 Å². The van der Waals surface area contributed by atoms with Crippen LogP contribution >= 0.6 is 0 Å². The van der Waals surface area contributed by atoms with Crippen molar-refractivity contribution in [2.75, 3.05) is 26.7 Å². The molecule has 0 bridgehead atoms. The Bertz CT molecular complexity index is 463. The summed E-state index contributed by atoms with van der Waals surface area (Å²) in [5, 5.41) is 9.80. The first-order chi connectivity index (χ1) is 9.08. The van der Waals surface area contributed by atoms with E-state index >= 15 is 0 Å². The molecule has 2 rings (SSSR count). The fourth-order valence-electron chi connectivity index (χ4n) is 1.82. The lowest BCUT2D eigenvalue weighted by Crippen LogP contribution is -2.40. The fourth-order valence-corrected chi connectivity index (χ4v) is 1.82. The third-order valence-electron chi connectivity index (χ3n) is 2.81. The van der Waals surface area contributed by atoms with Crippen LogP contribution in [0, 0.1) is 0 Å². The number of aliphatic hydroxyl groups is 1. The maximum atomic E-state index is 11.6. The van der Waals surface area contributed by atoms with Gasteiger partial charge in [0, 0.05) is 7.05 Å². The first kappa shape index (κ1) is 13.4. The Hall–Kier alpha value is -2.08. The summed E-state index contributed by atoms with van der Waals surface area (Å²) in [6, 6.07) is 8.66. The molecule has 0 aromatic heterocycles. The lowest BCUT2D eigenvalue weighted by atomic mass is 10.3. The minimum Gasteiger partial charge on any atom is -0.491 e. The van der Waals surface area contributed by atoms with Gasteiger partial charge in [-0.3, -0.25) is 9.69 Å². The molecule has 0 radical (unpaired) electrons. The molecule has 1 aromatic carbocycles. The smallest absolute Gasteiger partial charge is 0.327 e. The summed E-state index contributed by atoms with van der Waals surface area (Å²) in [7, 11) is 1.55. The number of aliphatic hydroxyl groups excluding tert-OH is 1. The molecule has 1 saturated heterocycles. The van der Waals surface area contributed by atoms with E-state index in [-0.39, 0.29) is 31.6 Å². The second-order valence-corrected chi connectivity index (χ2v) is 4.42. The molecule has 6 nitrogen and oxygen atoms in total. The first-order valence-electron chi connectivity index (χ1n) is 5.99. The Morgan fingerprint density at radius 3 is 2.58 bits per heavy atom. The average Bonchev–Trinajstić information content (AvgIpc) is 2.64. The highest BCUT2D eigenvalue weighted by atomic mass is 16.5. The van der Waals surface area contributed by atoms with Crippen molar-refractivity contribution in [2.24, 2.45) is 0 Å². The number of imide groups is 1. The second kappa shape index (κ2) is 5.71. The summed E-state index contributed by atoms with van der Waals surface area (Å²) in [4.78, 5) is 25.5. The number of ether oxygens (including phenoxy) is 1. The summed E-state index contributed by atoms with van der Waals surface area (Å²) in [5.74, 6) is 0.337. The molecule has 0 unspecified atom stereocenters. The van der Waals surface area contributed by atoms with Crippen molar-refractivity contribution < 1.29 is 19.4 Å². The van der Waals surface area contributed by atoms with Gasteiger partial charge in [-0.25, -0.2) is 4.79 Å². The minimum atomic E-state index is -0.903. The number of likely N-dealkylation sites (N-methyl/N-ethyl adjacent to an activating group) is 1. The van der Waals surface area contributed by atoms with E-state index in [1.165, 1.54) is 4.90 Å². The van der Waals surface area contributed by atoms with Crippen LogP contribution in [0.15, 0.2) is 30.3 Å². The van der Waals surface area contributed by atoms with Gasteiger partial charge in [0.05, 0.1) is 6.54 Å². The van der Waals surface area contributed by atoms with Crippen LogP contribution in [0.1, 0.15) is 0 Å². The van der Waals surface area contributed by atoms with Crippen molar-refractivity contribution in [1.29, 1.82) is 0 Å². The maximum absolute atomic E-state index is 11.6. The van der Waals surface area contributed by atoms with E-state index in [9.17, 15) is 14.7 Å². The zero-order chi connectivity index (χ0) is 13.8. The highest BCUT2D eigenvalue weighted by Gasteiger charge is 2.34. The van der Waals surface area contributed by atoms with E-state index in [4.69, 9.17) is 4.74 Å². The number of amides is 3. The molecule has 1 aromatic rings. The fraction of sp³-hybridized carbons (Fsp3) is 0.385. The zero-order valence-electron chi connectivity index (χ0n) is 10.7. The molecular weight excluding hydrogens is 248 g/mol. The number of urea groups is 1. The number of hydrogen-bond acceptors (Lipinski definition) is 4. The first-order valence-corrected chi connectivity index (χ1v) is 5.99. The minimum absolute atomic E-state index is 0.0325. The Morgan fingerprint density at radius 2 is 2.00 bits per heavy atom. The highest BCUT2D eigenvalue weighted by Crippen LogP contribution is 2.11. The van der Waals surface area contributed by atoms with Crippen molar-refractivity contribution in [3.8, 4) is 5.75 Å². The lowest BCUT2D eigenvalue weighted by Gasteiger charge is -2.18. The lowest BCUT2D eigenvalue weighted by molar-refractivity contribution is -0.126. The van der Waals surface area contributed by atoms with E-state index in [0.717, 1.165) is 4.90 Å². The van der Waals surface area contributed by atoms with Gasteiger partial charge in [-0.1, -0.05) is 18.2 Å². The molecule has 19 heavy (non-hydrogen) atoms. The standard InChI is InChI=1S/C13H16N2O4/c1-14-8-12(17)15(13(14)18)7-10(16)9-19-11-5-3-2-4-6-11/h2-6,10,16H,7-9H2,1H3/t10-/m0/s1. The molecule has 6 heteroatoms. The molecule has 1 aliphatic heterocycles. The van der Waals surface area contributed by atoms with Gasteiger partial charge in [-0.05, 0) is 12.1 Å². The van der Waals surface area contributed by atoms with Crippen LogP contribution in [-0.4, -0.2) is 59.7 Å². The van der Waals surface area contributed by atoms with Gasteiger partial charge in [0.25, 0.3) is 0 Å². The molecule has 1 fully saturated rings. The van der Waals surface area contributed by atoms with E-state index in [1.54, 1.807) is 19.2 Å². The number of para-hydroxylation sites is 1. The predicted octanol–water partition coefficient (Wildman–Crippen LogP) is 0.320. The number of carbonyl (C=O) groups excluding carboxylic acids is 2. The van der Waals surface area contributed by atoms with Crippen molar-refractivity contribution in [3.05, 3.63) is 30.3 Å². The second-order valence-electron chi connectivity index (χ2n) is 4.42. The number of carbonyl (C=O) groups is 2. The summed E-state index contributed by atoms with van der Waals surface area (Å²) in [6.45, 7) is 0.0464. The highest BCUT2D eigenvalue weighted by molar-refractivity contribution is 6.01. The van der Waals surface area contributed by atoms with Gasteiger partial charge in [0.15, 0.2) is 0 Å². The summed E-state index contributed by atoms with van der Waals surface area (Å²) in [6.07, 6.45) is -0.903. The van der Waals surface area contributed by atoms with Gasteiger partial charge in [0.1, 0.15) is 25.0 Å². The van der Waals surface area contributed by atoms with Crippen LogP contribution in [-0.2, 0) is 4.79 Å². The van der Waals surface area contributed by atoms with Gasteiger partial charge in [-0.2, -0.15) is 0 Å². The van der Waals surface area contributed by atoms with Crippen molar-refractivity contribution in [1.82, 2.24) is 9.80 Å². The van der Waals surface area contributed by atoms with Gasteiger partial charge in [-0.15, -0.1) is 0 Å². The third-order valence-corrected chi connectivity index (χ3v) is 2.81. The Kier molecular flexibility index (Phi) is 4.01. The van der Waals surface area contributed by atoms with Crippen molar-refractivity contribution in [3.63, 3.8) is 0 Å². The molecule has 1 aliphatic rings. The van der Waals surface area contributed by atoms with Gasteiger partial charge < -0.3 is 14.7 Å². The number of nitrogens with zero attached hydrogens (tertiary/aromatic N) is 2. The van der Waals surface area contributed by atoms with Crippen molar-refractivity contribution in [2.45, 2.75) is 6.10 Å². The topological polar surface area (TPSA) is 70.1 Å². The third kappa shape index (κ3) is 3.23. The monoisotopic (exact) mass is 264 g/mol. The van der Waals surface area contributed by atoms with E-state index in [2.05, 4.69) is 0 Å². The number of benzene rings is 1. The van der Waals surface area contributed by atoms with Crippen molar-refractivity contribution >= 4 is 11.9 Å². The number of rotatable bonds is 5. The average molecular weight is 264 g/mol. The largest absolute Gasteiger partial charge is 0.491 e. The predicted molar refractivity (Wildman–Crippen MR) is 67.7 cm³/mol. The summed E-state index contributed by atoms with van der Waals surface area (Å²) < 4.78 is 5.36. The molecule has 102 valence electrons.